The van der Waals surface area contributed by atoms with Gasteiger partial charge in [0.2, 0.25) is 53.2 Å². The minimum Gasteiger partial charge on any atom is -0.368 e. The van der Waals surface area contributed by atoms with Crippen molar-refractivity contribution >= 4 is 53.2 Å². The Morgan fingerprint density at radius 2 is 0.740 bits per heavy atom. The molecule has 0 aromatic heterocycles. The predicted molar refractivity (Wildman–Crippen MR) is 272 cm³/mol. The Bertz CT molecular complexity index is 2090. The third-order valence-electron chi connectivity index (χ3n) is 17.8. The largest absolute Gasteiger partial charge is 0.368 e. The van der Waals surface area contributed by atoms with Crippen molar-refractivity contribution in [3.8, 4) is 0 Å². The highest BCUT2D eigenvalue weighted by molar-refractivity contribution is 5.92. The molecule has 9 amide bonds. The van der Waals surface area contributed by atoms with Gasteiger partial charge in [-0.15, -0.1) is 0 Å². The summed E-state index contributed by atoms with van der Waals surface area (Å²) in [4.78, 5) is 126. The fourth-order valence-electron chi connectivity index (χ4n) is 12.2. The van der Waals surface area contributed by atoms with Gasteiger partial charge in [0.1, 0.15) is 18.1 Å². The molecular formula is C51H87N13O9. The van der Waals surface area contributed by atoms with E-state index in [0.29, 0.717) is 77.4 Å². The quantitative estimate of drug-likeness (QED) is 0.0525. The molecule has 0 spiro atoms. The van der Waals surface area contributed by atoms with Crippen LogP contribution in [0.1, 0.15) is 138 Å². The first-order valence-corrected chi connectivity index (χ1v) is 26.9. The maximum Gasteiger partial charge on any atom is 0.243 e. The van der Waals surface area contributed by atoms with Crippen LogP contribution in [0, 0.1) is 34.0 Å². The Morgan fingerprint density at radius 3 is 1.03 bits per heavy atom. The normalized spacial score (nSPS) is 31.6. The van der Waals surface area contributed by atoms with E-state index in [-0.39, 0.29) is 123 Å². The molecule has 22 heteroatoms. The molecule has 3 aliphatic heterocycles. The third kappa shape index (κ3) is 12.6. The van der Waals surface area contributed by atoms with Crippen LogP contribution in [0.3, 0.4) is 0 Å². The molecule has 0 bridgehead atoms. The molecule has 12 atom stereocenters. The molecule has 6 rings (SSSR count). The summed E-state index contributed by atoms with van der Waals surface area (Å²) in [5, 5.41) is 15.5. The topological polar surface area (TPSA) is 354 Å². The molecule has 15 N–H and O–H groups in total. The highest BCUT2D eigenvalue weighted by atomic mass is 16.2. The summed E-state index contributed by atoms with van der Waals surface area (Å²) in [6.07, 6.45) is 6.19. The van der Waals surface area contributed by atoms with Gasteiger partial charge in [0.15, 0.2) is 0 Å². The van der Waals surface area contributed by atoms with Crippen LogP contribution in [0.4, 0.5) is 0 Å². The number of nitrogens with zero attached hydrogens (tertiary/aromatic N) is 3. The van der Waals surface area contributed by atoms with Crippen molar-refractivity contribution in [2.24, 2.45) is 62.7 Å². The lowest BCUT2D eigenvalue weighted by Gasteiger charge is -2.51. The number of likely N-dealkylation sites (tertiary alicyclic amines) is 3. The summed E-state index contributed by atoms with van der Waals surface area (Å²) in [5.74, 6) is -3.85. The molecule has 22 nitrogen and oxygen atoms in total. The van der Waals surface area contributed by atoms with Gasteiger partial charge in [0, 0.05) is 92.9 Å². The number of nitrogens with one attached hydrogen (secondary N) is 5. The minimum absolute atomic E-state index is 0.0835. The summed E-state index contributed by atoms with van der Waals surface area (Å²) >= 11 is 0. The van der Waals surface area contributed by atoms with E-state index in [4.69, 9.17) is 28.7 Å². The second-order valence-corrected chi connectivity index (χ2v) is 23.7. The van der Waals surface area contributed by atoms with Crippen LogP contribution in [-0.4, -0.2) is 162 Å². The van der Waals surface area contributed by atoms with Gasteiger partial charge < -0.3 is 70.0 Å². The number of carbonyl (C=O) groups is 9. The van der Waals surface area contributed by atoms with Crippen molar-refractivity contribution in [1.82, 2.24) is 41.3 Å². The van der Waals surface area contributed by atoms with E-state index in [2.05, 4.69) is 26.6 Å². The van der Waals surface area contributed by atoms with Crippen molar-refractivity contribution in [2.75, 3.05) is 39.3 Å². The molecule has 6 fully saturated rings. The Hall–Kier alpha value is -4.93. The average molecular weight is 1030 g/mol. The summed E-state index contributed by atoms with van der Waals surface area (Å²) in [6, 6.07) is -4.81. The zero-order valence-electron chi connectivity index (χ0n) is 44.2. The van der Waals surface area contributed by atoms with Crippen molar-refractivity contribution in [3.05, 3.63) is 0 Å². The highest BCUT2D eigenvalue weighted by Gasteiger charge is 2.57. The van der Waals surface area contributed by atoms with E-state index in [1.54, 1.807) is 4.90 Å². The second kappa shape index (κ2) is 23.7. The molecule has 3 saturated heterocycles. The van der Waals surface area contributed by atoms with E-state index < -0.39 is 76.9 Å². The predicted octanol–water partition coefficient (Wildman–Crippen LogP) is -1.45. The van der Waals surface area contributed by atoms with Gasteiger partial charge in [-0.2, -0.15) is 0 Å². The van der Waals surface area contributed by atoms with Crippen LogP contribution in [0.15, 0.2) is 0 Å². The first-order valence-electron chi connectivity index (χ1n) is 26.9. The molecule has 0 aromatic carbocycles. The van der Waals surface area contributed by atoms with E-state index in [9.17, 15) is 43.2 Å². The van der Waals surface area contributed by atoms with Gasteiger partial charge in [0.25, 0.3) is 0 Å². The number of nitrogens with two attached hydrogens (primary N) is 5. The minimum atomic E-state index is -0.878. The molecule has 3 saturated carbocycles. The van der Waals surface area contributed by atoms with Gasteiger partial charge >= 0.3 is 0 Å². The number of unbranched alkanes of at least 4 members (excludes halogenated alkanes) is 3. The zero-order valence-corrected chi connectivity index (χ0v) is 44.2. The SMILES string of the molecule is CC1(C)C(NC(=O)[C@@H]2C[C@H](NC(=O)[C@H]3C[C@@H](NC(=O)[C@@H]4C[C@H](NC(=O)[C@H]5C[C@@H](N)C5(C)C)CN4C(=O)CCCCN)C3(C)C)CN2C(=O)CCCCN)C[C@@H]1C(=O)N[C@H]1C[C@@H](C(N)=O)N(C(=O)CCCCN)C1. The fraction of sp³-hybridized carbons (Fsp3) is 0.824. The second-order valence-electron chi connectivity index (χ2n) is 23.7. The van der Waals surface area contributed by atoms with Gasteiger partial charge in [-0.05, 0) is 113 Å². The van der Waals surface area contributed by atoms with E-state index >= 15 is 0 Å². The van der Waals surface area contributed by atoms with Crippen molar-refractivity contribution in [3.63, 3.8) is 0 Å². The Morgan fingerprint density at radius 1 is 0.425 bits per heavy atom. The number of primary amides is 1. The first-order chi connectivity index (χ1) is 34.4. The van der Waals surface area contributed by atoms with Gasteiger partial charge in [-0.3, -0.25) is 43.2 Å². The van der Waals surface area contributed by atoms with Crippen molar-refractivity contribution < 1.29 is 43.2 Å². The zero-order chi connectivity index (χ0) is 53.7. The molecule has 6 aliphatic rings. The Labute approximate surface area is 430 Å². The molecule has 73 heavy (non-hydrogen) atoms. The molecule has 0 radical (unpaired) electrons. The van der Waals surface area contributed by atoms with Crippen LogP contribution in [0.2, 0.25) is 0 Å². The number of rotatable bonds is 23. The van der Waals surface area contributed by atoms with E-state index in [1.165, 1.54) is 9.80 Å². The molecule has 3 heterocycles. The Kier molecular flexibility index (Phi) is 18.6. The maximum absolute atomic E-state index is 14.2. The summed E-state index contributed by atoms with van der Waals surface area (Å²) in [7, 11) is 0. The molecular weight excluding hydrogens is 939 g/mol. The smallest absolute Gasteiger partial charge is 0.243 e. The molecule has 0 aromatic rings. The average Bonchev–Trinajstić information content (AvgIpc) is 4.08. The number of hydrogen-bond donors (Lipinski definition) is 10. The number of hydrogen-bond acceptors (Lipinski definition) is 13. The molecule has 410 valence electrons. The van der Waals surface area contributed by atoms with Crippen LogP contribution in [-0.2, 0) is 43.2 Å². The van der Waals surface area contributed by atoms with E-state index in [0.717, 1.165) is 0 Å². The molecule has 3 aliphatic carbocycles. The summed E-state index contributed by atoms with van der Waals surface area (Å²) in [5.41, 5.74) is 27.1. The lowest BCUT2D eigenvalue weighted by atomic mass is 9.58. The molecule has 1 unspecified atom stereocenters. The third-order valence-corrected chi connectivity index (χ3v) is 17.8. The van der Waals surface area contributed by atoms with Gasteiger partial charge in [-0.25, -0.2) is 0 Å². The summed E-state index contributed by atoms with van der Waals surface area (Å²) < 4.78 is 0. The van der Waals surface area contributed by atoms with E-state index in [1.807, 2.05) is 41.5 Å². The van der Waals surface area contributed by atoms with Crippen LogP contribution in [0.5, 0.6) is 0 Å². The monoisotopic (exact) mass is 1030 g/mol. The van der Waals surface area contributed by atoms with Crippen molar-refractivity contribution in [2.45, 2.75) is 192 Å². The van der Waals surface area contributed by atoms with Gasteiger partial charge in [0.05, 0.1) is 0 Å². The van der Waals surface area contributed by atoms with Gasteiger partial charge in [-0.1, -0.05) is 41.5 Å². The first kappa shape index (κ1) is 57.4. The standard InChI is InChI=1S/C51H87N13O9/c1-49(2)31(22-37(49)55)44(69)58-29-20-35(63(26-29)41(66)14-8-11-17-53)47(72)61-39-24-33(51(39,5)6)46(71)59-30-21-36(64(27-30)42(67)15-9-12-18-54)48(73)60-38-23-32(50(38,3)4)45(70)57-28-19-34(43(56)68)62(25-28)40(65)13-7-10-16-52/h28-39H,7-27,52-55H2,1-6H3,(H2,56,68)(H,57,70)(H,58,69)(H,59,71)(H,60,73)(H,61,72)/t28-,29-,30-,31+,32+,33+,34-,35-,36-,37+,38?,39+/m0/s1. The Balaban J connectivity index is 1.03. The van der Waals surface area contributed by atoms with Crippen LogP contribution >= 0.6 is 0 Å². The maximum atomic E-state index is 14.2. The highest BCUT2D eigenvalue weighted by Crippen LogP contribution is 2.48. The van der Waals surface area contributed by atoms with Crippen LogP contribution in [0.25, 0.3) is 0 Å². The van der Waals surface area contributed by atoms with Crippen molar-refractivity contribution in [1.29, 1.82) is 0 Å². The lowest BCUT2D eigenvalue weighted by molar-refractivity contribution is -0.145. The fourth-order valence-corrected chi connectivity index (χ4v) is 12.2. The van der Waals surface area contributed by atoms with Crippen LogP contribution < -0.4 is 55.3 Å². The lowest BCUT2D eigenvalue weighted by Crippen LogP contribution is -2.64. The number of carbonyl (C=O) groups excluding carboxylic acids is 9. The summed E-state index contributed by atoms with van der Waals surface area (Å²) in [6.45, 7) is 13.3. The number of amides is 9.